The van der Waals surface area contributed by atoms with E-state index in [1.165, 1.54) is 0 Å². The van der Waals surface area contributed by atoms with E-state index in [4.69, 9.17) is 25.6 Å². The predicted octanol–water partition coefficient (Wildman–Crippen LogP) is 5.05. The highest BCUT2D eigenvalue weighted by Gasteiger charge is 2.61. The predicted molar refractivity (Wildman–Crippen MR) is 109 cm³/mol. The first kappa shape index (κ1) is 22.1. The second kappa shape index (κ2) is 6.98. The molecule has 7 heteroatoms. The van der Waals surface area contributed by atoms with Crippen LogP contribution in [0.4, 0.5) is 4.79 Å². The average Bonchev–Trinajstić information content (AvgIpc) is 2.73. The van der Waals surface area contributed by atoms with Gasteiger partial charge in [-0.15, -0.1) is 0 Å². The molecular weight excluding hydrogens is 364 g/mol. The molecule has 0 saturated carbocycles. The summed E-state index contributed by atoms with van der Waals surface area (Å²) in [6.07, 6.45) is -0.449. The maximum atomic E-state index is 12.9. The van der Waals surface area contributed by atoms with Gasteiger partial charge in [0.15, 0.2) is 0 Å². The first-order valence-electron chi connectivity index (χ1n) is 9.19. The summed E-state index contributed by atoms with van der Waals surface area (Å²) in [6.45, 7) is 15.4. The van der Waals surface area contributed by atoms with Crippen molar-refractivity contribution >= 4 is 24.8 Å². The molecule has 150 valence electrons. The number of nitrogens with zero attached hydrogens (tertiary/aromatic N) is 1. The fraction of sp³-hybridized carbons (Fsp3) is 0.650. The molecule has 5 nitrogen and oxygen atoms in total. The highest BCUT2D eigenvalue weighted by atomic mass is 35.5. The van der Waals surface area contributed by atoms with Crippen LogP contribution in [0, 0.1) is 0 Å². The molecular formula is C20H31BClNO4. The average molecular weight is 396 g/mol. The molecule has 0 spiro atoms. The van der Waals surface area contributed by atoms with E-state index in [1.807, 2.05) is 67.5 Å². The Bertz CT molecular complexity index is 683. The Morgan fingerprint density at radius 1 is 1.04 bits per heavy atom. The summed E-state index contributed by atoms with van der Waals surface area (Å²) < 4.78 is 18.2. The normalized spacial score (nSPS) is 20.9. The fourth-order valence-corrected chi connectivity index (χ4v) is 2.99. The molecule has 1 saturated heterocycles. The van der Waals surface area contributed by atoms with Crippen LogP contribution in [-0.2, 0) is 19.5 Å². The number of benzene rings is 1. The summed E-state index contributed by atoms with van der Waals surface area (Å²) in [5.41, 5.74) is -1.74. The van der Waals surface area contributed by atoms with Gasteiger partial charge in [0.2, 0.25) is 0 Å². The zero-order valence-electron chi connectivity index (χ0n) is 17.8. The van der Waals surface area contributed by atoms with Crippen molar-refractivity contribution in [1.82, 2.24) is 4.90 Å². The number of hydrogen-bond donors (Lipinski definition) is 0. The van der Waals surface area contributed by atoms with Gasteiger partial charge in [0.25, 0.3) is 0 Å². The molecule has 1 atom stereocenters. The molecule has 1 unspecified atom stereocenters. The number of hydrogen-bond acceptors (Lipinski definition) is 4. The maximum absolute atomic E-state index is 12.9. The Balaban J connectivity index is 2.50. The second-order valence-corrected chi connectivity index (χ2v) is 9.72. The molecule has 0 aromatic heterocycles. The van der Waals surface area contributed by atoms with Gasteiger partial charge in [0, 0.05) is 12.1 Å². The number of carbonyl (C=O) groups excluding carboxylic acids is 1. The number of halogens is 1. The number of rotatable bonds is 3. The Morgan fingerprint density at radius 2 is 1.48 bits per heavy atom. The van der Waals surface area contributed by atoms with Crippen LogP contribution in [0.15, 0.2) is 24.3 Å². The molecule has 0 N–H and O–H groups in total. The van der Waals surface area contributed by atoms with Gasteiger partial charge in [-0.25, -0.2) is 4.79 Å². The van der Waals surface area contributed by atoms with Crippen molar-refractivity contribution < 1.29 is 18.8 Å². The van der Waals surface area contributed by atoms with Crippen molar-refractivity contribution in [2.75, 3.05) is 7.05 Å². The van der Waals surface area contributed by atoms with E-state index in [2.05, 4.69) is 0 Å². The van der Waals surface area contributed by atoms with Crippen molar-refractivity contribution in [3.63, 3.8) is 0 Å². The Hall–Kier alpha value is -1.24. The maximum Gasteiger partial charge on any atom is 0.490 e. The van der Waals surface area contributed by atoms with Gasteiger partial charge in [-0.05, 0) is 73.1 Å². The van der Waals surface area contributed by atoms with Crippen LogP contribution in [0.25, 0.3) is 0 Å². The zero-order chi connectivity index (χ0) is 20.8. The van der Waals surface area contributed by atoms with Gasteiger partial charge < -0.3 is 18.9 Å². The highest BCUT2D eigenvalue weighted by Crippen LogP contribution is 2.44. The minimum absolute atomic E-state index is 0.449. The van der Waals surface area contributed by atoms with E-state index in [1.54, 1.807) is 24.1 Å². The minimum atomic E-state index is -0.919. The molecule has 0 bridgehead atoms. The lowest BCUT2D eigenvalue weighted by Gasteiger charge is -2.41. The highest BCUT2D eigenvalue weighted by molar-refractivity contribution is 6.49. The van der Waals surface area contributed by atoms with Gasteiger partial charge >= 0.3 is 13.2 Å². The van der Waals surface area contributed by atoms with Gasteiger partial charge in [-0.2, -0.15) is 0 Å². The molecule has 1 amide bonds. The van der Waals surface area contributed by atoms with E-state index < -0.39 is 35.5 Å². The number of amides is 1. The van der Waals surface area contributed by atoms with Gasteiger partial charge in [-0.1, -0.05) is 23.7 Å². The summed E-state index contributed by atoms with van der Waals surface area (Å²) in [4.78, 5) is 14.4. The van der Waals surface area contributed by atoms with Crippen LogP contribution >= 0.6 is 11.6 Å². The molecule has 1 aromatic carbocycles. The lowest BCUT2D eigenvalue weighted by molar-refractivity contribution is 0.00578. The Morgan fingerprint density at radius 3 is 1.89 bits per heavy atom. The van der Waals surface area contributed by atoms with Gasteiger partial charge in [0.05, 0.1) is 11.2 Å². The van der Waals surface area contributed by atoms with Crippen LogP contribution in [0.1, 0.15) is 61.0 Å². The molecule has 27 heavy (non-hydrogen) atoms. The van der Waals surface area contributed by atoms with E-state index in [0.717, 1.165) is 5.56 Å². The molecule has 0 aliphatic carbocycles. The number of ether oxygens (including phenoxy) is 1. The summed E-state index contributed by atoms with van der Waals surface area (Å²) in [6, 6.07) is 7.36. The molecule has 1 fully saturated rings. The van der Waals surface area contributed by atoms with Crippen LogP contribution in [0.5, 0.6) is 0 Å². The van der Waals surface area contributed by atoms with Crippen molar-refractivity contribution in [3.8, 4) is 0 Å². The molecule has 1 aliphatic rings. The third kappa shape index (κ3) is 4.28. The second-order valence-electron chi connectivity index (χ2n) is 9.28. The van der Waals surface area contributed by atoms with E-state index in [9.17, 15) is 4.79 Å². The smallest absolute Gasteiger partial charge is 0.444 e. The van der Waals surface area contributed by atoms with Crippen LogP contribution in [0.3, 0.4) is 0 Å². The SMILES string of the molecule is CN(C(=O)OC(C)(C)C)C(C)(B1OC(C)(C)C(C)(C)O1)c1ccc(Cl)cc1. The van der Waals surface area contributed by atoms with Crippen molar-refractivity contribution in [1.29, 1.82) is 0 Å². The van der Waals surface area contributed by atoms with Crippen molar-refractivity contribution in [3.05, 3.63) is 34.9 Å². The molecule has 1 heterocycles. The summed E-state index contributed by atoms with van der Waals surface area (Å²) in [7, 11) is 1.02. The minimum Gasteiger partial charge on any atom is -0.444 e. The van der Waals surface area contributed by atoms with Gasteiger partial charge in [-0.3, -0.25) is 0 Å². The molecule has 0 radical (unpaired) electrons. The lowest BCUT2D eigenvalue weighted by Crippen LogP contribution is -2.57. The van der Waals surface area contributed by atoms with E-state index >= 15 is 0 Å². The Labute approximate surface area is 168 Å². The van der Waals surface area contributed by atoms with Crippen molar-refractivity contribution in [2.45, 2.75) is 77.6 Å². The quantitative estimate of drug-likeness (QED) is 0.672. The monoisotopic (exact) mass is 395 g/mol. The van der Waals surface area contributed by atoms with Crippen LogP contribution in [0.2, 0.25) is 5.02 Å². The van der Waals surface area contributed by atoms with Crippen LogP contribution in [-0.4, -0.2) is 42.0 Å². The van der Waals surface area contributed by atoms with E-state index in [0.29, 0.717) is 5.02 Å². The fourth-order valence-electron chi connectivity index (χ4n) is 2.87. The van der Waals surface area contributed by atoms with E-state index in [-0.39, 0.29) is 0 Å². The summed E-state index contributed by atoms with van der Waals surface area (Å²) in [5.74, 6) is 0. The van der Waals surface area contributed by atoms with Gasteiger partial charge in [0.1, 0.15) is 11.0 Å². The molecule has 1 aromatic rings. The topological polar surface area (TPSA) is 48.0 Å². The van der Waals surface area contributed by atoms with Crippen LogP contribution < -0.4 is 0 Å². The first-order valence-corrected chi connectivity index (χ1v) is 9.56. The molecule has 2 rings (SSSR count). The van der Waals surface area contributed by atoms with Crippen molar-refractivity contribution in [2.24, 2.45) is 0 Å². The third-order valence-electron chi connectivity index (χ3n) is 5.50. The zero-order valence-corrected chi connectivity index (χ0v) is 18.6. The largest absolute Gasteiger partial charge is 0.490 e. The Kier molecular flexibility index (Phi) is 5.70. The first-order chi connectivity index (χ1) is 12.1. The standard InChI is InChI=1S/C20H31BClNO4/c1-17(2,3)25-16(24)23(9)20(8,14-10-12-15(22)13-11-14)21-26-18(4,5)19(6,7)27-21/h10-13H,1-9H3. The number of carbonyl (C=O) groups is 1. The summed E-state index contributed by atoms with van der Waals surface area (Å²) in [5, 5.41) is 0.620. The third-order valence-corrected chi connectivity index (χ3v) is 5.76. The summed E-state index contributed by atoms with van der Waals surface area (Å²) >= 11 is 6.07. The molecule has 1 aliphatic heterocycles. The lowest BCUT2D eigenvalue weighted by atomic mass is 9.60.